The van der Waals surface area contributed by atoms with Gasteiger partial charge in [0.05, 0.1) is 0 Å². The molecule has 2 aliphatic rings. The van der Waals surface area contributed by atoms with Gasteiger partial charge in [0.15, 0.2) is 11.5 Å². The zero-order valence-corrected chi connectivity index (χ0v) is 12.1. The number of amides is 1. The third kappa shape index (κ3) is 2.41. The molecule has 2 atom stereocenters. The number of aromatic nitrogens is 2. The summed E-state index contributed by atoms with van der Waals surface area (Å²) in [5.74, 6) is 1.19. The molecule has 0 saturated heterocycles. The monoisotopic (exact) mass is 299 g/mol. The van der Waals surface area contributed by atoms with Crippen molar-refractivity contribution in [1.29, 1.82) is 0 Å². The molecule has 1 N–H and O–H groups in total. The summed E-state index contributed by atoms with van der Waals surface area (Å²) in [5.41, 5.74) is 1.16. The van der Waals surface area contributed by atoms with Gasteiger partial charge in [0.2, 0.25) is 6.10 Å². The van der Waals surface area contributed by atoms with Crippen molar-refractivity contribution in [2.75, 3.05) is 6.61 Å². The number of nitrogens with zero attached hydrogens (tertiary/aromatic N) is 2. The predicted molar refractivity (Wildman–Crippen MR) is 78.8 cm³/mol. The van der Waals surface area contributed by atoms with Gasteiger partial charge in [-0.1, -0.05) is 12.1 Å². The molecule has 1 amide bonds. The Bertz CT molecular complexity index is 697. The second kappa shape index (κ2) is 5.36. The second-order valence-corrected chi connectivity index (χ2v) is 5.61. The van der Waals surface area contributed by atoms with E-state index in [2.05, 4.69) is 10.4 Å². The molecule has 0 aliphatic carbocycles. The highest BCUT2D eigenvalue weighted by Gasteiger charge is 2.29. The summed E-state index contributed by atoms with van der Waals surface area (Å²) in [6, 6.07) is 9.52. The fraction of sp³-hybridized carbons (Fsp3) is 0.375. The Morgan fingerprint density at radius 3 is 3.05 bits per heavy atom. The molecule has 114 valence electrons. The van der Waals surface area contributed by atoms with E-state index in [1.54, 1.807) is 6.20 Å². The number of benzene rings is 1. The number of ether oxygens (including phenoxy) is 2. The number of carbonyl (C=O) groups is 1. The van der Waals surface area contributed by atoms with Crippen molar-refractivity contribution in [3.05, 3.63) is 42.2 Å². The summed E-state index contributed by atoms with van der Waals surface area (Å²) < 4.78 is 13.3. The molecule has 0 unspecified atom stereocenters. The first-order valence-corrected chi connectivity index (χ1v) is 7.49. The van der Waals surface area contributed by atoms with Gasteiger partial charge in [0.25, 0.3) is 5.91 Å². The van der Waals surface area contributed by atoms with Crippen LogP contribution < -0.4 is 14.8 Å². The Balaban J connectivity index is 1.39. The number of fused-ring (bicyclic) bond motifs is 2. The van der Waals surface area contributed by atoms with E-state index in [4.69, 9.17) is 9.47 Å². The van der Waals surface area contributed by atoms with Crippen LogP contribution in [0.2, 0.25) is 0 Å². The number of hydrogen-bond donors (Lipinski definition) is 1. The van der Waals surface area contributed by atoms with E-state index in [-0.39, 0.29) is 18.6 Å². The molecule has 1 aromatic heterocycles. The van der Waals surface area contributed by atoms with E-state index in [9.17, 15) is 4.79 Å². The first-order chi connectivity index (χ1) is 10.8. The van der Waals surface area contributed by atoms with Crippen LogP contribution >= 0.6 is 0 Å². The van der Waals surface area contributed by atoms with Gasteiger partial charge in [-0.25, -0.2) is 0 Å². The standard InChI is InChI=1S/C16H17N3O3/c20-16(15-10-21-13-3-1-2-4-14(13)22-15)18-11-6-8-19-12(9-11)5-7-17-19/h1-5,7,11,15H,6,8-10H2,(H,18,20)/t11-,15+/m1/s1. The smallest absolute Gasteiger partial charge is 0.264 e. The highest BCUT2D eigenvalue weighted by molar-refractivity contribution is 5.82. The number of para-hydroxylation sites is 2. The molecule has 3 heterocycles. The summed E-state index contributed by atoms with van der Waals surface area (Å²) in [7, 11) is 0. The summed E-state index contributed by atoms with van der Waals surface area (Å²) in [5, 5.41) is 7.31. The Morgan fingerprint density at radius 2 is 2.14 bits per heavy atom. The fourth-order valence-corrected chi connectivity index (χ4v) is 2.93. The van der Waals surface area contributed by atoms with Gasteiger partial charge in [-0.15, -0.1) is 0 Å². The van der Waals surface area contributed by atoms with Crippen molar-refractivity contribution >= 4 is 5.91 Å². The van der Waals surface area contributed by atoms with Gasteiger partial charge in [-0.3, -0.25) is 9.48 Å². The quantitative estimate of drug-likeness (QED) is 0.903. The summed E-state index contributed by atoms with van der Waals surface area (Å²) in [6.07, 6.45) is 2.89. The molecule has 4 rings (SSSR count). The fourth-order valence-electron chi connectivity index (χ4n) is 2.93. The lowest BCUT2D eigenvalue weighted by atomic mass is 10.0. The van der Waals surface area contributed by atoms with Gasteiger partial charge in [0, 0.05) is 30.9 Å². The lowest BCUT2D eigenvalue weighted by Crippen LogP contribution is -2.49. The molecule has 0 saturated carbocycles. The maximum atomic E-state index is 12.4. The molecule has 0 bridgehead atoms. The Morgan fingerprint density at radius 1 is 1.27 bits per heavy atom. The molecule has 0 radical (unpaired) electrons. The van der Waals surface area contributed by atoms with E-state index in [0.717, 1.165) is 25.1 Å². The van der Waals surface area contributed by atoms with Gasteiger partial charge in [-0.2, -0.15) is 5.10 Å². The predicted octanol–water partition coefficient (Wildman–Crippen LogP) is 1.15. The molecule has 0 spiro atoms. The van der Waals surface area contributed by atoms with Gasteiger partial charge in [-0.05, 0) is 24.6 Å². The minimum Gasteiger partial charge on any atom is -0.485 e. The van der Waals surface area contributed by atoms with Gasteiger partial charge >= 0.3 is 0 Å². The number of rotatable bonds is 2. The lowest BCUT2D eigenvalue weighted by molar-refractivity contribution is -0.131. The van der Waals surface area contributed by atoms with Crippen LogP contribution in [-0.4, -0.2) is 34.4 Å². The zero-order chi connectivity index (χ0) is 14.9. The molecule has 6 heteroatoms. The third-order valence-electron chi connectivity index (χ3n) is 4.10. The second-order valence-electron chi connectivity index (χ2n) is 5.61. The van der Waals surface area contributed by atoms with E-state index in [1.807, 2.05) is 35.0 Å². The highest BCUT2D eigenvalue weighted by Crippen LogP contribution is 2.30. The molecular weight excluding hydrogens is 282 g/mol. The van der Waals surface area contributed by atoms with Crippen LogP contribution in [0.1, 0.15) is 12.1 Å². The maximum Gasteiger partial charge on any atom is 0.264 e. The maximum absolute atomic E-state index is 12.4. The third-order valence-corrected chi connectivity index (χ3v) is 4.10. The van der Waals surface area contributed by atoms with Crippen LogP contribution in [0.15, 0.2) is 36.5 Å². The van der Waals surface area contributed by atoms with Crippen LogP contribution in [-0.2, 0) is 17.8 Å². The average Bonchev–Trinajstić information content (AvgIpc) is 3.02. The molecule has 22 heavy (non-hydrogen) atoms. The van der Waals surface area contributed by atoms with Crippen molar-refractivity contribution < 1.29 is 14.3 Å². The number of nitrogens with one attached hydrogen (secondary N) is 1. The SMILES string of the molecule is O=C(N[C@@H]1CCn2nccc2C1)[C@@H]1COc2ccccc2O1. The molecule has 1 aromatic carbocycles. The highest BCUT2D eigenvalue weighted by atomic mass is 16.6. The summed E-state index contributed by atoms with van der Waals surface area (Å²) in [4.78, 5) is 12.4. The van der Waals surface area contributed by atoms with E-state index < -0.39 is 6.10 Å². The Hall–Kier alpha value is -2.50. The molecule has 6 nitrogen and oxygen atoms in total. The Labute approximate surface area is 128 Å². The molecular formula is C16H17N3O3. The van der Waals surface area contributed by atoms with Crippen molar-refractivity contribution in [3.63, 3.8) is 0 Å². The summed E-state index contributed by atoms with van der Waals surface area (Å²) >= 11 is 0. The van der Waals surface area contributed by atoms with E-state index in [0.29, 0.717) is 11.5 Å². The van der Waals surface area contributed by atoms with Crippen LogP contribution in [0.25, 0.3) is 0 Å². The van der Waals surface area contributed by atoms with Crippen LogP contribution in [0.3, 0.4) is 0 Å². The van der Waals surface area contributed by atoms with Crippen molar-refractivity contribution in [2.45, 2.75) is 31.5 Å². The lowest BCUT2D eigenvalue weighted by Gasteiger charge is -2.29. The van der Waals surface area contributed by atoms with Crippen molar-refractivity contribution in [1.82, 2.24) is 15.1 Å². The number of hydrogen-bond acceptors (Lipinski definition) is 4. The first kappa shape index (κ1) is 13.2. The molecule has 0 fully saturated rings. The van der Waals surface area contributed by atoms with E-state index >= 15 is 0 Å². The van der Waals surface area contributed by atoms with Crippen LogP contribution in [0.5, 0.6) is 11.5 Å². The van der Waals surface area contributed by atoms with Crippen LogP contribution in [0.4, 0.5) is 0 Å². The topological polar surface area (TPSA) is 65.4 Å². The largest absolute Gasteiger partial charge is 0.485 e. The number of carbonyl (C=O) groups excluding carboxylic acids is 1. The minimum atomic E-state index is -0.596. The first-order valence-electron chi connectivity index (χ1n) is 7.49. The Kier molecular flexibility index (Phi) is 3.21. The normalized spacial score (nSPS) is 22.7. The number of aryl methyl sites for hydroxylation is 1. The van der Waals surface area contributed by atoms with Gasteiger partial charge < -0.3 is 14.8 Å². The van der Waals surface area contributed by atoms with Crippen molar-refractivity contribution in [2.24, 2.45) is 0 Å². The summed E-state index contributed by atoms with van der Waals surface area (Å²) in [6.45, 7) is 1.08. The molecule has 2 aromatic rings. The van der Waals surface area contributed by atoms with Crippen LogP contribution in [0, 0.1) is 0 Å². The zero-order valence-electron chi connectivity index (χ0n) is 12.1. The minimum absolute atomic E-state index is 0.118. The van der Waals surface area contributed by atoms with E-state index in [1.165, 1.54) is 0 Å². The van der Waals surface area contributed by atoms with Gasteiger partial charge in [0.1, 0.15) is 6.61 Å². The molecule has 2 aliphatic heterocycles. The average molecular weight is 299 g/mol. The van der Waals surface area contributed by atoms with Crippen molar-refractivity contribution in [3.8, 4) is 11.5 Å².